The van der Waals surface area contributed by atoms with Crippen LogP contribution in [0.25, 0.3) is 0 Å². The fourth-order valence-electron chi connectivity index (χ4n) is 2.19. The Bertz CT molecular complexity index is 514. The van der Waals surface area contributed by atoms with Crippen LogP contribution in [0.2, 0.25) is 0 Å². The van der Waals surface area contributed by atoms with Crippen molar-refractivity contribution in [2.75, 3.05) is 19.7 Å². The fourth-order valence-corrected chi connectivity index (χ4v) is 2.19. The zero-order chi connectivity index (χ0) is 14.4. The molecule has 0 bridgehead atoms. The molecule has 0 radical (unpaired) electrons. The van der Waals surface area contributed by atoms with Crippen molar-refractivity contribution < 1.29 is 9.90 Å². The molecule has 1 aromatic carbocycles. The highest BCUT2D eigenvalue weighted by molar-refractivity contribution is 5.81. The van der Waals surface area contributed by atoms with Crippen molar-refractivity contribution >= 4 is 5.91 Å². The van der Waals surface area contributed by atoms with E-state index in [1.807, 2.05) is 31.2 Å². The molecule has 0 spiro atoms. The first kappa shape index (κ1) is 14.6. The first-order valence-corrected chi connectivity index (χ1v) is 6.91. The van der Waals surface area contributed by atoms with Crippen LogP contribution in [-0.4, -0.2) is 41.7 Å². The minimum Gasteiger partial charge on any atom is -0.395 e. The number of hydrogen-bond acceptors (Lipinski definition) is 3. The van der Waals surface area contributed by atoms with Gasteiger partial charge in [0.25, 0.3) is 0 Å². The fraction of sp³-hybridized carbons (Fsp3) is 0.438. The number of carbonyl (C=O) groups excluding carboxylic acids is 1. The third-order valence-corrected chi connectivity index (χ3v) is 3.43. The number of piperazine rings is 1. The topological polar surface area (TPSA) is 52.6 Å². The largest absolute Gasteiger partial charge is 0.395 e. The van der Waals surface area contributed by atoms with Gasteiger partial charge in [-0.25, -0.2) is 0 Å². The maximum absolute atomic E-state index is 11.6. The number of rotatable bonds is 3. The van der Waals surface area contributed by atoms with Crippen LogP contribution in [0, 0.1) is 11.8 Å². The maximum atomic E-state index is 11.6. The van der Waals surface area contributed by atoms with Gasteiger partial charge >= 0.3 is 0 Å². The van der Waals surface area contributed by atoms with Gasteiger partial charge in [-0.2, -0.15) is 0 Å². The standard InChI is InChI=1S/C16H20N2O2/c1-13-16(20)17-9-10-18(13)12-15-7-5-14(6-8-15)4-2-3-11-19/h5-8,13,19H,3,9-12H2,1H3,(H,17,20). The molecule has 1 unspecified atom stereocenters. The van der Waals surface area contributed by atoms with Crippen LogP contribution in [0.5, 0.6) is 0 Å². The third-order valence-electron chi connectivity index (χ3n) is 3.43. The SMILES string of the molecule is CC1C(=O)NCCN1Cc1ccc(C#CCCO)cc1. The van der Waals surface area contributed by atoms with E-state index in [-0.39, 0.29) is 18.6 Å². The van der Waals surface area contributed by atoms with Crippen LogP contribution in [0.3, 0.4) is 0 Å². The van der Waals surface area contributed by atoms with Crippen molar-refractivity contribution in [1.82, 2.24) is 10.2 Å². The van der Waals surface area contributed by atoms with Gasteiger partial charge in [0.2, 0.25) is 5.91 Å². The van der Waals surface area contributed by atoms with Crippen LogP contribution in [0.4, 0.5) is 0 Å². The Kier molecular flexibility index (Phi) is 5.16. The van der Waals surface area contributed by atoms with E-state index in [9.17, 15) is 4.79 Å². The van der Waals surface area contributed by atoms with E-state index in [0.29, 0.717) is 13.0 Å². The lowest BCUT2D eigenvalue weighted by Gasteiger charge is -2.32. The molecule has 20 heavy (non-hydrogen) atoms. The maximum Gasteiger partial charge on any atom is 0.237 e. The number of benzene rings is 1. The number of nitrogens with zero attached hydrogens (tertiary/aromatic N) is 1. The zero-order valence-corrected chi connectivity index (χ0v) is 11.7. The van der Waals surface area contributed by atoms with E-state index < -0.39 is 0 Å². The number of carbonyl (C=O) groups is 1. The van der Waals surface area contributed by atoms with Crippen molar-refractivity contribution in [3.8, 4) is 11.8 Å². The number of hydrogen-bond donors (Lipinski definition) is 2. The summed E-state index contributed by atoms with van der Waals surface area (Å²) in [5.41, 5.74) is 2.13. The van der Waals surface area contributed by atoms with Gasteiger partial charge in [0.1, 0.15) is 0 Å². The van der Waals surface area contributed by atoms with E-state index >= 15 is 0 Å². The zero-order valence-electron chi connectivity index (χ0n) is 11.7. The molecule has 1 fully saturated rings. The molecule has 1 atom stereocenters. The number of amides is 1. The lowest BCUT2D eigenvalue weighted by Crippen LogP contribution is -2.53. The normalized spacial score (nSPS) is 19.1. The number of aliphatic hydroxyl groups is 1. The van der Waals surface area contributed by atoms with Gasteiger partial charge in [0.05, 0.1) is 12.6 Å². The van der Waals surface area contributed by atoms with E-state index in [4.69, 9.17) is 5.11 Å². The molecule has 1 saturated heterocycles. The average Bonchev–Trinajstić information content (AvgIpc) is 2.46. The molecule has 1 aliphatic heterocycles. The number of nitrogens with one attached hydrogen (secondary N) is 1. The molecule has 2 rings (SSSR count). The quantitative estimate of drug-likeness (QED) is 0.798. The van der Waals surface area contributed by atoms with Crippen LogP contribution in [0.15, 0.2) is 24.3 Å². The second kappa shape index (κ2) is 7.09. The monoisotopic (exact) mass is 272 g/mol. The van der Waals surface area contributed by atoms with Crippen LogP contribution >= 0.6 is 0 Å². The Hall–Kier alpha value is -1.83. The van der Waals surface area contributed by atoms with Gasteiger partial charge in [-0.1, -0.05) is 24.0 Å². The molecule has 1 heterocycles. The summed E-state index contributed by atoms with van der Waals surface area (Å²) in [7, 11) is 0. The van der Waals surface area contributed by atoms with Gasteiger partial charge in [-0.15, -0.1) is 0 Å². The van der Waals surface area contributed by atoms with Gasteiger partial charge in [0, 0.05) is 31.6 Å². The van der Waals surface area contributed by atoms with Crippen LogP contribution < -0.4 is 5.32 Å². The Labute approximate surface area is 119 Å². The molecule has 106 valence electrons. The average molecular weight is 272 g/mol. The Morgan fingerprint density at radius 2 is 2.15 bits per heavy atom. The summed E-state index contributed by atoms with van der Waals surface area (Å²) in [5, 5.41) is 11.5. The lowest BCUT2D eigenvalue weighted by molar-refractivity contribution is -0.128. The Morgan fingerprint density at radius 1 is 1.40 bits per heavy atom. The van der Waals surface area contributed by atoms with Crippen molar-refractivity contribution in [3.05, 3.63) is 35.4 Å². The summed E-state index contributed by atoms with van der Waals surface area (Å²) >= 11 is 0. The summed E-state index contributed by atoms with van der Waals surface area (Å²) in [4.78, 5) is 13.8. The highest BCUT2D eigenvalue weighted by Crippen LogP contribution is 2.11. The van der Waals surface area contributed by atoms with E-state index in [0.717, 1.165) is 18.7 Å². The predicted molar refractivity (Wildman–Crippen MR) is 77.9 cm³/mol. The molecule has 0 saturated carbocycles. The smallest absolute Gasteiger partial charge is 0.237 e. The summed E-state index contributed by atoms with van der Waals surface area (Å²) < 4.78 is 0. The van der Waals surface area contributed by atoms with E-state index in [1.54, 1.807) is 0 Å². The summed E-state index contributed by atoms with van der Waals surface area (Å²) in [5.74, 6) is 6.01. The first-order valence-electron chi connectivity index (χ1n) is 6.91. The molecule has 1 aromatic rings. The minimum absolute atomic E-state index is 0.0761. The molecule has 1 aliphatic rings. The van der Waals surface area contributed by atoms with Crippen molar-refractivity contribution in [3.63, 3.8) is 0 Å². The van der Waals surface area contributed by atoms with Crippen molar-refractivity contribution in [2.24, 2.45) is 0 Å². The van der Waals surface area contributed by atoms with Gasteiger partial charge in [-0.05, 0) is 24.6 Å². The molecule has 0 aromatic heterocycles. The van der Waals surface area contributed by atoms with Crippen LogP contribution in [0.1, 0.15) is 24.5 Å². The van der Waals surface area contributed by atoms with E-state index in [2.05, 4.69) is 22.1 Å². The molecule has 4 nitrogen and oxygen atoms in total. The predicted octanol–water partition coefficient (Wildman–Crippen LogP) is 0.741. The molecular weight excluding hydrogens is 252 g/mol. The van der Waals surface area contributed by atoms with Gasteiger partial charge < -0.3 is 10.4 Å². The summed E-state index contributed by atoms with van der Waals surface area (Å²) in [6.45, 7) is 4.40. The highest BCUT2D eigenvalue weighted by Gasteiger charge is 2.24. The molecule has 2 N–H and O–H groups in total. The highest BCUT2D eigenvalue weighted by atomic mass is 16.2. The van der Waals surface area contributed by atoms with E-state index in [1.165, 1.54) is 5.56 Å². The molecule has 1 amide bonds. The first-order chi connectivity index (χ1) is 9.70. The second-order valence-corrected chi connectivity index (χ2v) is 4.91. The van der Waals surface area contributed by atoms with Crippen molar-refractivity contribution in [2.45, 2.75) is 25.9 Å². The third kappa shape index (κ3) is 3.83. The Balaban J connectivity index is 1.97. The van der Waals surface area contributed by atoms with Gasteiger partial charge in [-0.3, -0.25) is 9.69 Å². The van der Waals surface area contributed by atoms with Crippen LogP contribution in [-0.2, 0) is 11.3 Å². The van der Waals surface area contributed by atoms with Crippen molar-refractivity contribution in [1.29, 1.82) is 0 Å². The minimum atomic E-state index is -0.0761. The molecular formula is C16H20N2O2. The lowest BCUT2D eigenvalue weighted by atomic mass is 10.1. The summed E-state index contributed by atoms with van der Waals surface area (Å²) in [6.07, 6.45) is 0.502. The Morgan fingerprint density at radius 3 is 2.85 bits per heavy atom. The molecule has 0 aliphatic carbocycles. The summed E-state index contributed by atoms with van der Waals surface area (Å²) in [6, 6.07) is 7.97. The molecule has 4 heteroatoms. The second-order valence-electron chi connectivity index (χ2n) is 4.91. The van der Waals surface area contributed by atoms with Gasteiger partial charge in [0.15, 0.2) is 0 Å². The number of aliphatic hydroxyl groups excluding tert-OH is 1.